The van der Waals surface area contributed by atoms with E-state index in [-0.39, 0.29) is 0 Å². The number of nitrogens with one attached hydrogen (secondary N) is 1. The van der Waals surface area contributed by atoms with Gasteiger partial charge in [-0.2, -0.15) is 0 Å². The van der Waals surface area contributed by atoms with Gasteiger partial charge in [0.25, 0.3) is 0 Å². The summed E-state index contributed by atoms with van der Waals surface area (Å²) in [7, 11) is 0. The van der Waals surface area contributed by atoms with Crippen molar-refractivity contribution in [1.82, 2.24) is 19.8 Å². The van der Waals surface area contributed by atoms with E-state index in [1.54, 1.807) is 0 Å². The molecule has 0 unspecified atom stereocenters. The van der Waals surface area contributed by atoms with Gasteiger partial charge in [-0.05, 0) is 13.8 Å². The van der Waals surface area contributed by atoms with Crippen molar-refractivity contribution in [3.63, 3.8) is 0 Å². The molecule has 0 spiro atoms. The van der Waals surface area contributed by atoms with Crippen molar-refractivity contribution in [2.24, 2.45) is 0 Å². The third-order valence-corrected chi connectivity index (χ3v) is 3.03. The maximum absolute atomic E-state index is 4.48. The van der Waals surface area contributed by atoms with Gasteiger partial charge in [-0.3, -0.25) is 4.90 Å². The van der Waals surface area contributed by atoms with Gasteiger partial charge in [-0.25, -0.2) is 4.98 Å². The third-order valence-electron chi connectivity index (χ3n) is 3.03. The lowest BCUT2D eigenvalue weighted by Crippen LogP contribution is -2.43. The minimum absolute atomic E-state index is 0.989. The first-order chi connectivity index (χ1) is 7.31. The van der Waals surface area contributed by atoms with E-state index < -0.39 is 0 Å². The molecule has 1 saturated heterocycles. The Morgan fingerprint density at radius 1 is 1.40 bits per heavy atom. The highest BCUT2D eigenvalue weighted by molar-refractivity contribution is 5.03. The number of aromatic nitrogens is 2. The largest absolute Gasteiger partial charge is 0.332 e. The second-order valence-electron chi connectivity index (χ2n) is 4.09. The topological polar surface area (TPSA) is 33.1 Å². The highest BCUT2D eigenvalue weighted by atomic mass is 15.2. The first-order valence-corrected chi connectivity index (χ1v) is 5.75. The molecule has 0 saturated carbocycles. The zero-order chi connectivity index (χ0) is 10.7. The number of hydrogen-bond acceptors (Lipinski definition) is 3. The number of hydrogen-bond donors (Lipinski definition) is 1. The monoisotopic (exact) mass is 208 g/mol. The molecular weight excluding hydrogens is 188 g/mol. The number of imidazole rings is 1. The van der Waals surface area contributed by atoms with Crippen LogP contribution in [0.15, 0.2) is 6.20 Å². The van der Waals surface area contributed by atoms with Crippen molar-refractivity contribution in [3.05, 3.63) is 17.7 Å². The van der Waals surface area contributed by atoms with Gasteiger partial charge in [0.15, 0.2) is 0 Å². The molecule has 1 aliphatic heterocycles. The number of rotatable bonds is 3. The van der Waals surface area contributed by atoms with E-state index in [9.17, 15) is 0 Å². The number of piperazine rings is 1. The minimum atomic E-state index is 0.989. The maximum Gasteiger partial charge on any atom is 0.123 e. The normalized spacial score (nSPS) is 18.3. The van der Waals surface area contributed by atoms with Gasteiger partial charge in [0.1, 0.15) is 5.82 Å². The van der Waals surface area contributed by atoms with Crippen molar-refractivity contribution in [2.75, 3.05) is 26.2 Å². The standard InChI is InChI=1S/C11H20N4/c1-3-15-10(2)8-13-11(15)9-14-6-4-12-5-7-14/h8,12H,3-7,9H2,1-2H3. The fourth-order valence-electron chi connectivity index (χ4n) is 2.14. The van der Waals surface area contributed by atoms with E-state index in [0.29, 0.717) is 0 Å². The van der Waals surface area contributed by atoms with Crippen LogP contribution in [0.25, 0.3) is 0 Å². The first kappa shape index (κ1) is 10.6. The van der Waals surface area contributed by atoms with Crippen LogP contribution in [0.5, 0.6) is 0 Å². The fourth-order valence-corrected chi connectivity index (χ4v) is 2.14. The van der Waals surface area contributed by atoms with Gasteiger partial charge in [0, 0.05) is 44.6 Å². The van der Waals surface area contributed by atoms with Crippen molar-refractivity contribution < 1.29 is 0 Å². The molecule has 4 heteroatoms. The highest BCUT2D eigenvalue weighted by Gasteiger charge is 2.13. The fraction of sp³-hybridized carbons (Fsp3) is 0.727. The summed E-state index contributed by atoms with van der Waals surface area (Å²) in [5, 5.41) is 3.37. The zero-order valence-electron chi connectivity index (χ0n) is 9.66. The molecule has 0 radical (unpaired) electrons. The zero-order valence-corrected chi connectivity index (χ0v) is 9.66. The third kappa shape index (κ3) is 2.38. The molecule has 0 amide bonds. The van der Waals surface area contributed by atoms with Crippen LogP contribution in [0.2, 0.25) is 0 Å². The summed E-state index contributed by atoms with van der Waals surface area (Å²) in [6.07, 6.45) is 1.97. The van der Waals surface area contributed by atoms with Crippen molar-refractivity contribution in [2.45, 2.75) is 26.9 Å². The van der Waals surface area contributed by atoms with Crippen LogP contribution in [-0.4, -0.2) is 40.6 Å². The van der Waals surface area contributed by atoms with Crippen LogP contribution in [0.4, 0.5) is 0 Å². The Kier molecular flexibility index (Phi) is 3.38. The van der Waals surface area contributed by atoms with Crippen molar-refractivity contribution in [3.8, 4) is 0 Å². The molecule has 15 heavy (non-hydrogen) atoms. The van der Waals surface area contributed by atoms with Crippen LogP contribution in [0.3, 0.4) is 0 Å². The molecule has 4 nitrogen and oxygen atoms in total. The summed E-state index contributed by atoms with van der Waals surface area (Å²) in [6, 6.07) is 0. The maximum atomic E-state index is 4.48. The quantitative estimate of drug-likeness (QED) is 0.790. The Morgan fingerprint density at radius 3 is 2.80 bits per heavy atom. The molecule has 84 valence electrons. The lowest BCUT2D eigenvalue weighted by atomic mass is 10.3. The lowest BCUT2D eigenvalue weighted by molar-refractivity contribution is 0.225. The average Bonchev–Trinajstić information content (AvgIpc) is 2.61. The second-order valence-corrected chi connectivity index (χ2v) is 4.09. The summed E-state index contributed by atoms with van der Waals surface area (Å²) >= 11 is 0. The van der Waals surface area contributed by atoms with E-state index in [1.165, 1.54) is 11.5 Å². The summed E-state index contributed by atoms with van der Waals surface area (Å²) in [6.45, 7) is 10.8. The van der Waals surface area contributed by atoms with Gasteiger partial charge in [0.2, 0.25) is 0 Å². The van der Waals surface area contributed by atoms with Crippen molar-refractivity contribution in [1.29, 1.82) is 0 Å². The number of nitrogens with zero attached hydrogens (tertiary/aromatic N) is 3. The molecule has 2 heterocycles. The molecule has 2 rings (SSSR count). The van der Waals surface area contributed by atoms with Gasteiger partial charge >= 0.3 is 0 Å². The van der Waals surface area contributed by atoms with Gasteiger partial charge < -0.3 is 9.88 Å². The minimum Gasteiger partial charge on any atom is -0.332 e. The second kappa shape index (κ2) is 4.77. The molecule has 1 aromatic rings. The molecular formula is C11H20N4. The average molecular weight is 208 g/mol. The molecule has 0 aromatic carbocycles. The first-order valence-electron chi connectivity index (χ1n) is 5.75. The predicted octanol–water partition coefficient (Wildman–Crippen LogP) is 0.617. The SMILES string of the molecule is CCn1c(C)cnc1CN1CCNCC1. The number of aryl methyl sites for hydroxylation is 1. The van der Waals surface area contributed by atoms with E-state index in [1.807, 2.05) is 6.20 Å². The molecule has 0 aliphatic carbocycles. The van der Waals surface area contributed by atoms with Crippen molar-refractivity contribution >= 4 is 0 Å². The summed E-state index contributed by atoms with van der Waals surface area (Å²) in [4.78, 5) is 6.94. The Bertz CT molecular complexity index is 312. The smallest absolute Gasteiger partial charge is 0.123 e. The van der Waals surface area contributed by atoms with Crippen LogP contribution < -0.4 is 5.32 Å². The molecule has 0 atom stereocenters. The highest BCUT2D eigenvalue weighted by Crippen LogP contribution is 2.07. The molecule has 1 aliphatic rings. The molecule has 1 N–H and O–H groups in total. The van der Waals surface area contributed by atoms with Crippen LogP contribution in [0.1, 0.15) is 18.4 Å². The molecule has 1 aromatic heterocycles. The van der Waals surface area contributed by atoms with Gasteiger partial charge in [-0.15, -0.1) is 0 Å². The van der Waals surface area contributed by atoms with Gasteiger partial charge in [-0.1, -0.05) is 0 Å². The summed E-state index contributed by atoms with van der Waals surface area (Å²) in [5.41, 5.74) is 1.27. The van der Waals surface area contributed by atoms with E-state index in [0.717, 1.165) is 39.3 Å². The van der Waals surface area contributed by atoms with E-state index in [4.69, 9.17) is 0 Å². The molecule has 1 fully saturated rings. The van der Waals surface area contributed by atoms with Crippen LogP contribution >= 0.6 is 0 Å². The Hall–Kier alpha value is -0.870. The Labute approximate surface area is 91.3 Å². The van der Waals surface area contributed by atoms with E-state index in [2.05, 4.69) is 33.6 Å². The van der Waals surface area contributed by atoms with Crippen LogP contribution in [0, 0.1) is 6.92 Å². The van der Waals surface area contributed by atoms with Gasteiger partial charge in [0.05, 0.1) is 6.54 Å². The van der Waals surface area contributed by atoms with Crippen LogP contribution in [-0.2, 0) is 13.1 Å². The predicted molar refractivity (Wildman–Crippen MR) is 60.8 cm³/mol. The summed E-state index contributed by atoms with van der Waals surface area (Å²) in [5.74, 6) is 1.21. The molecule has 0 bridgehead atoms. The Balaban J connectivity index is 2.02. The van der Waals surface area contributed by atoms with E-state index >= 15 is 0 Å². The Morgan fingerprint density at radius 2 is 2.13 bits per heavy atom. The summed E-state index contributed by atoms with van der Waals surface area (Å²) < 4.78 is 2.29. The lowest BCUT2D eigenvalue weighted by Gasteiger charge is -2.27.